The summed E-state index contributed by atoms with van der Waals surface area (Å²) in [6.07, 6.45) is 5.74. The van der Waals surface area contributed by atoms with Crippen LogP contribution in [0.25, 0.3) is 0 Å². The Labute approximate surface area is 215 Å². The maximum absolute atomic E-state index is 11.8. The summed E-state index contributed by atoms with van der Waals surface area (Å²) in [5.74, 6) is 1.93. The van der Waals surface area contributed by atoms with Gasteiger partial charge in [-0.1, -0.05) is 0 Å². The van der Waals surface area contributed by atoms with Crippen molar-refractivity contribution < 1.29 is 9.53 Å². The molecule has 0 bridgehead atoms. The maximum atomic E-state index is 11.8. The summed E-state index contributed by atoms with van der Waals surface area (Å²) in [5.41, 5.74) is 3.75. The standard InChI is InChI=1S/C25H34BrN7O2/c1-31-11-13-32(14-12-31)19-6-7-22(20(16-19)18-4-5-18)29-24-28-17-21(26)23(30-24)27-8-2-9-33-10-3-15-35-25(33)34/h6-7,16-18H,2-5,8-15H2,1H3,(H2,27,28,29,30). The Balaban J connectivity index is 1.22. The summed E-state index contributed by atoms with van der Waals surface area (Å²) in [5, 5.41) is 6.84. The van der Waals surface area contributed by atoms with Gasteiger partial charge in [-0.2, -0.15) is 4.98 Å². The van der Waals surface area contributed by atoms with Crippen LogP contribution in [0.5, 0.6) is 0 Å². The number of ether oxygens (including phenoxy) is 1. The van der Waals surface area contributed by atoms with E-state index >= 15 is 0 Å². The predicted octanol–water partition coefficient (Wildman–Crippen LogP) is 4.26. The molecule has 2 N–H and O–H groups in total. The molecule has 0 spiro atoms. The van der Waals surface area contributed by atoms with Crippen molar-refractivity contribution in [1.29, 1.82) is 0 Å². The number of nitrogens with one attached hydrogen (secondary N) is 2. The fourth-order valence-electron chi connectivity index (χ4n) is 4.61. The van der Waals surface area contributed by atoms with Crippen LogP contribution in [0.4, 0.5) is 27.9 Å². The Morgan fingerprint density at radius 3 is 2.77 bits per heavy atom. The number of carbonyl (C=O) groups is 1. The number of cyclic esters (lactones) is 1. The first kappa shape index (κ1) is 24.1. The number of halogens is 1. The Bertz CT molecular complexity index is 1040. The van der Waals surface area contributed by atoms with E-state index in [1.54, 1.807) is 11.1 Å². The van der Waals surface area contributed by atoms with Crippen molar-refractivity contribution in [2.24, 2.45) is 0 Å². The summed E-state index contributed by atoms with van der Waals surface area (Å²) in [7, 11) is 2.19. The fourth-order valence-corrected chi connectivity index (χ4v) is 4.94. The second kappa shape index (κ2) is 11.0. The number of anilines is 4. The average molecular weight is 544 g/mol. The lowest BCUT2D eigenvalue weighted by atomic mass is 10.1. The van der Waals surface area contributed by atoms with E-state index in [1.807, 2.05) is 0 Å². The molecule has 10 heteroatoms. The molecule has 0 atom stereocenters. The van der Waals surface area contributed by atoms with Crippen molar-refractivity contribution in [1.82, 2.24) is 19.8 Å². The van der Waals surface area contributed by atoms with Crippen molar-refractivity contribution in [2.75, 3.05) is 75.0 Å². The number of hydrogen-bond donors (Lipinski definition) is 2. The van der Waals surface area contributed by atoms with Gasteiger partial charge in [0, 0.05) is 63.4 Å². The minimum absolute atomic E-state index is 0.212. The van der Waals surface area contributed by atoms with E-state index in [0.717, 1.165) is 61.5 Å². The van der Waals surface area contributed by atoms with Gasteiger partial charge in [0.15, 0.2) is 0 Å². The Hall–Kier alpha value is -2.59. The minimum Gasteiger partial charge on any atom is -0.449 e. The van der Waals surface area contributed by atoms with Crippen LogP contribution in [0.3, 0.4) is 0 Å². The van der Waals surface area contributed by atoms with E-state index in [9.17, 15) is 4.79 Å². The molecule has 1 amide bonds. The largest absolute Gasteiger partial charge is 0.449 e. The monoisotopic (exact) mass is 543 g/mol. The van der Waals surface area contributed by atoms with Gasteiger partial charge in [0.2, 0.25) is 5.95 Å². The number of amides is 1. The normalized spacial score (nSPS) is 19.0. The van der Waals surface area contributed by atoms with E-state index in [2.05, 4.69) is 66.6 Å². The van der Waals surface area contributed by atoms with Gasteiger partial charge in [-0.3, -0.25) is 0 Å². The molecule has 2 saturated heterocycles. The molecule has 3 heterocycles. The van der Waals surface area contributed by atoms with Crippen LogP contribution in [0.2, 0.25) is 0 Å². The molecule has 0 radical (unpaired) electrons. The molecule has 1 aromatic heterocycles. The first-order valence-electron chi connectivity index (χ1n) is 12.6. The summed E-state index contributed by atoms with van der Waals surface area (Å²) in [6.45, 7) is 7.00. The van der Waals surface area contributed by atoms with Crippen molar-refractivity contribution in [3.8, 4) is 0 Å². The molecule has 5 rings (SSSR count). The second-order valence-electron chi connectivity index (χ2n) is 9.59. The molecule has 2 aromatic rings. The van der Waals surface area contributed by atoms with Gasteiger partial charge in [0.05, 0.1) is 11.1 Å². The van der Waals surface area contributed by atoms with Gasteiger partial charge in [-0.05, 0) is 78.3 Å². The number of aromatic nitrogens is 2. The highest BCUT2D eigenvalue weighted by Crippen LogP contribution is 2.45. The summed E-state index contributed by atoms with van der Waals surface area (Å²) >= 11 is 3.55. The smallest absolute Gasteiger partial charge is 0.409 e. The number of hydrogen-bond acceptors (Lipinski definition) is 8. The van der Waals surface area contributed by atoms with Crippen LogP contribution in [0.1, 0.15) is 37.2 Å². The highest BCUT2D eigenvalue weighted by molar-refractivity contribution is 9.10. The van der Waals surface area contributed by atoms with Gasteiger partial charge in [0.25, 0.3) is 0 Å². The quantitative estimate of drug-likeness (QED) is 0.454. The summed E-state index contributed by atoms with van der Waals surface area (Å²) in [4.78, 5) is 27.6. The molecule has 2 aliphatic heterocycles. The second-order valence-corrected chi connectivity index (χ2v) is 10.4. The topological polar surface area (TPSA) is 85.9 Å². The molecular formula is C25H34BrN7O2. The average Bonchev–Trinajstić information content (AvgIpc) is 3.71. The van der Waals surface area contributed by atoms with Crippen LogP contribution in [0, 0.1) is 0 Å². The van der Waals surface area contributed by atoms with E-state index in [1.165, 1.54) is 24.1 Å². The van der Waals surface area contributed by atoms with Crippen LogP contribution < -0.4 is 15.5 Å². The minimum atomic E-state index is -0.212. The van der Waals surface area contributed by atoms with Gasteiger partial charge in [-0.15, -0.1) is 0 Å². The van der Waals surface area contributed by atoms with E-state index in [4.69, 9.17) is 9.72 Å². The van der Waals surface area contributed by atoms with Crippen LogP contribution in [-0.2, 0) is 4.74 Å². The van der Waals surface area contributed by atoms with Crippen LogP contribution in [-0.4, -0.2) is 85.3 Å². The highest BCUT2D eigenvalue weighted by atomic mass is 79.9. The molecule has 1 aliphatic carbocycles. The molecule has 35 heavy (non-hydrogen) atoms. The predicted molar refractivity (Wildman–Crippen MR) is 142 cm³/mol. The number of likely N-dealkylation sites (N-methyl/N-ethyl adjacent to an activating group) is 1. The zero-order valence-electron chi connectivity index (χ0n) is 20.3. The zero-order valence-corrected chi connectivity index (χ0v) is 21.9. The van der Waals surface area contributed by atoms with Crippen molar-refractivity contribution in [2.45, 2.75) is 31.6 Å². The number of rotatable bonds is 9. The molecule has 1 aromatic carbocycles. The molecule has 188 valence electrons. The lowest BCUT2D eigenvalue weighted by molar-refractivity contribution is 0.0729. The van der Waals surface area contributed by atoms with Gasteiger partial charge in [0.1, 0.15) is 5.82 Å². The lowest BCUT2D eigenvalue weighted by Gasteiger charge is -2.34. The first-order chi connectivity index (χ1) is 17.1. The number of piperazine rings is 1. The number of nitrogens with zero attached hydrogens (tertiary/aromatic N) is 5. The van der Waals surface area contributed by atoms with Crippen LogP contribution in [0.15, 0.2) is 28.9 Å². The van der Waals surface area contributed by atoms with Crippen molar-refractivity contribution >= 4 is 45.2 Å². The van der Waals surface area contributed by atoms with E-state index in [0.29, 0.717) is 31.6 Å². The van der Waals surface area contributed by atoms with Crippen molar-refractivity contribution in [3.63, 3.8) is 0 Å². The molecule has 3 fully saturated rings. The highest BCUT2D eigenvalue weighted by Gasteiger charge is 2.28. The third kappa shape index (κ3) is 6.16. The van der Waals surface area contributed by atoms with Gasteiger partial charge in [-0.25, -0.2) is 9.78 Å². The lowest BCUT2D eigenvalue weighted by Crippen LogP contribution is -2.44. The molecule has 9 nitrogen and oxygen atoms in total. The maximum Gasteiger partial charge on any atom is 0.409 e. The summed E-state index contributed by atoms with van der Waals surface area (Å²) < 4.78 is 5.91. The van der Waals surface area contributed by atoms with E-state index < -0.39 is 0 Å². The Kier molecular flexibility index (Phi) is 7.57. The number of carbonyl (C=O) groups excluding carboxylic acids is 1. The Morgan fingerprint density at radius 2 is 2.00 bits per heavy atom. The third-order valence-corrected chi connectivity index (χ3v) is 7.45. The fraction of sp³-hybridized carbons (Fsp3) is 0.560. The molecule has 0 unspecified atom stereocenters. The SMILES string of the molecule is CN1CCN(c2ccc(Nc3ncc(Br)c(NCCCN4CCCOC4=O)n3)c(C3CC3)c2)CC1. The Morgan fingerprint density at radius 1 is 1.17 bits per heavy atom. The summed E-state index contributed by atoms with van der Waals surface area (Å²) in [6, 6.07) is 6.75. The molecular weight excluding hydrogens is 510 g/mol. The molecule has 3 aliphatic rings. The van der Waals surface area contributed by atoms with Gasteiger partial charge >= 0.3 is 6.09 Å². The first-order valence-corrected chi connectivity index (χ1v) is 13.4. The van der Waals surface area contributed by atoms with E-state index in [-0.39, 0.29) is 6.09 Å². The van der Waals surface area contributed by atoms with Crippen LogP contribution >= 0.6 is 15.9 Å². The van der Waals surface area contributed by atoms with Gasteiger partial charge < -0.3 is 30.1 Å². The third-order valence-electron chi connectivity index (χ3n) is 6.86. The zero-order chi connectivity index (χ0) is 24.2. The number of benzene rings is 1. The molecule has 1 saturated carbocycles. The van der Waals surface area contributed by atoms with Crippen molar-refractivity contribution in [3.05, 3.63) is 34.4 Å².